The molecule has 2 aromatic rings. The van der Waals surface area contributed by atoms with Crippen LogP contribution in [-0.4, -0.2) is 30.6 Å². The lowest BCUT2D eigenvalue weighted by Gasteiger charge is -2.28. The highest BCUT2D eigenvalue weighted by Gasteiger charge is 2.22. The SMILES string of the molecule is CCNC(=NCCc1nc(C(C)(C)C)cs1)NC1CCOc2ccccc21.I. The summed E-state index contributed by atoms with van der Waals surface area (Å²) in [7, 11) is 0. The molecule has 1 aliphatic rings. The van der Waals surface area contributed by atoms with Crippen LogP contribution >= 0.6 is 35.3 Å². The Morgan fingerprint density at radius 1 is 1.32 bits per heavy atom. The summed E-state index contributed by atoms with van der Waals surface area (Å²) in [5, 5.41) is 10.2. The molecule has 1 atom stereocenters. The molecule has 1 aromatic carbocycles. The summed E-state index contributed by atoms with van der Waals surface area (Å²) in [5.74, 6) is 1.82. The minimum Gasteiger partial charge on any atom is -0.493 e. The van der Waals surface area contributed by atoms with Crippen LogP contribution in [0.15, 0.2) is 34.6 Å². The lowest BCUT2D eigenvalue weighted by atomic mass is 9.93. The van der Waals surface area contributed by atoms with Gasteiger partial charge >= 0.3 is 0 Å². The van der Waals surface area contributed by atoms with Crippen molar-refractivity contribution >= 4 is 41.3 Å². The molecule has 1 unspecified atom stereocenters. The molecule has 1 aliphatic heterocycles. The largest absolute Gasteiger partial charge is 0.493 e. The first-order valence-corrected chi connectivity index (χ1v) is 10.6. The molecule has 0 saturated carbocycles. The first-order chi connectivity index (χ1) is 13.0. The van der Waals surface area contributed by atoms with Gasteiger partial charge in [0.25, 0.3) is 0 Å². The lowest BCUT2D eigenvalue weighted by Crippen LogP contribution is -2.41. The Morgan fingerprint density at radius 2 is 2.11 bits per heavy atom. The van der Waals surface area contributed by atoms with Crippen LogP contribution in [0.1, 0.15) is 56.4 Å². The van der Waals surface area contributed by atoms with Crippen LogP contribution in [0, 0.1) is 0 Å². The summed E-state index contributed by atoms with van der Waals surface area (Å²) in [6.45, 7) is 11.0. The summed E-state index contributed by atoms with van der Waals surface area (Å²) in [4.78, 5) is 9.53. The van der Waals surface area contributed by atoms with Gasteiger partial charge in [-0.25, -0.2) is 4.98 Å². The van der Waals surface area contributed by atoms with Crippen LogP contribution in [0.5, 0.6) is 5.75 Å². The van der Waals surface area contributed by atoms with E-state index in [1.165, 1.54) is 5.56 Å². The number of para-hydroxylation sites is 1. The molecular weight excluding hydrogens is 483 g/mol. The molecule has 1 aromatic heterocycles. The van der Waals surface area contributed by atoms with Crippen molar-refractivity contribution in [3.8, 4) is 5.75 Å². The number of nitrogens with zero attached hydrogens (tertiary/aromatic N) is 2. The molecule has 0 saturated heterocycles. The summed E-state index contributed by atoms with van der Waals surface area (Å²) < 4.78 is 5.76. The van der Waals surface area contributed by atoms with E-state index in [1.54, 1.807) is 11.3 Å². The van der Waals surface area contributed by atoms with Gasteiger partial charge in [0.15, 0.2) is 5.96 Å². The topological polar surface area (TPSA) is 58.5 Å². The van der Waals surface area contributed by atoms with Crippen LogP contribution in [0.2, 0.25) is 0 Å². The average Bonchev–Trinajstić information content (AvgIpc) is 3.11. The Hall–Kier alpha value is -1.35. The van der Waals surface area contributed by atoms with Gasteiger partial charge in [-0.2, -0.15) is 0 Å². The van der Waals surface area contributed by atoms with Crippen molar-refractivity contribution in [1.29, 1.82) is 0 Å². The lowest BCUT2D eigenvalue weighted by molar-refractivity contribution is 0.261. The Kier molecular flexibility index (Phi) is 8.55. The molecule has 0 bridgehead atoms. The fourth-order valence-corrected chi connectivity index (χ4v) is 4.02. The van der Waals surface area contributed by atoms with E-state index in [0.29, 0.717) is 0 Å². The van der Waals surface area contributed by atoms with E-state index >= 15 is 0 Å². The molecule has 3 rings (SSSR count). The van der Waals surface area contributed by atoms with Crippen molar-refractivity contribution in [2.24, 2.45) is 4.99 Å². The van der Waals surface area contributed by atoms with Gasteiger partial charge in [-0.05, 0) is 13.0 Å². The predicted octanol–water partition coefficient (Wildman–Crippen LogP) is 4.68. The highest BCUT2D eigenvalue weighted by Crippen LogP contribution is 2.31. The molecule has 0 spiro atoms. The van der Waals surface area contributed by atoms with Crippen molar-refractivity contribution < 1.29 is 4.74 Å². The number of aromatic nitrogens is 1. The van der Waals surface area contributed by atoms with Gasteiger partial charge < -0.3 is 15.4 Å². The minimum atomic E-state index is 0. The number of ether oxygens (including phenoxy) is 1. The van der Waals surface area contributed by atoms with E-state index in [4.69, 9.17) is 14.7 Å². The zero-order valence-electron chi connectivity index (χ0n) is 17.1. The van der Waals surface area contributed by atoms with Gasteiger partial charge in [0.1, 0.15) is 5.75 Å². The Balaban J connectivity index is 0.00000280. The third-order valence-electron chi connectivity index (χ3n) is 4.53. The maximum absolute atomic E-state index is 5.76. The number of rotatable bonds is 5. The summed E-state index contributed by atoms with van der Waals surface area (Å²) >= 11 is 1.73. The average molecular weight is 514 g/mol. The molecule has 7 heteroatoms. The second-order valence-electron chi connectivity index (χ2n) is 7.76. The highest BCUT2D eigenvalue weighted by atomic mass is 127. The quantitative estimate of drug-likeness (QED) is 0.346. The monoisotopic (exact) mass is 514 g/mol. The number of halogens is 1. The summed E-state index contributed by atoms with van der Waals surface area (Å²) in [5.41, 5.74) is 2.46. The van der Waals surface area contributed by atoms with Crippen molar-refractivity contribution in [2.45, 2.75) is 52.0 Å². The summed E-state index contributed by atoms with van der Waals surface area (Å²) in [6, 6.07) is 8.45. The van der Waals surface area contributed by atoms with Gasteiger partial charge in [-0.15, -0.1) is 35.3 Å². The highest BCUT2D eigenvalue weighted by molar-refractivity contribution is 14.0. The first-order valence-electron chi connectivity index (χ1n) is 9.69. The van der Waals surface area contributed by atoms with Gasteiger partial charge in [-0.1, -0.05) is 39.0 Å². The Labute approximate surface area is 189 Å². The van der Waals surface area contributed by atoms with Crippen LogP contribution in [-0.2, 0) is 11.8 Å². The molecule has 2 N–H and O–H groups in total. The molecule has 0 amide bonds. The Morgan fingerprint density at radius 3 is 2.82 bits per heavy atom. The van der Waals surface area contributed by atoms with Gasteiger partial charge in [0, 0.05) is 42.3 Å². The van der Waals surface area contributed by atoms with Crippen molar-refractivity contribution in [3.63, 3.8) is 0 Å². The fraction of sp³-hybridized carbons (Fsp3) is 0.524. The van der Waals surface area contributed by atoms with E-state index in [9.17, 15) is 0 Å². The predicted molar refractivity (Wildman–Crippen MR) is 128 cm³/mol. The molecule has 0 aliphatic carbocycles. The van der Waals surface area contributed by atoms with Crippen LogP contribution in [0.4, 0.5) is 0 Å². The molecule has 5 nitrogen and oxygen atoms in total. The van der Waals surface area contributed by atoms with Crippen molar-refractivity contribution in [2.75, 3.05) is 19.7 Å². The second kappa shape index (κ2) is 10.4. The minimum absolute atomic E-state index is 0. The maximum atomic E-state index is 5.76. The number of aliphatic imine (C=N–C) groups is 1. The third kappa shape index (κ3) is 6.07. The molecule has 2 heterocycles. The number of benzene rings is 1. The van der Waals surface area contributed by atoms with Crippen molar-refractivity contribution in [3.05, 3.63) is 45.9 Å². The van der Waals surface area contributed by atoms with Crippen LogP contribution in [0.25, 0.3) is 0 Å². The van der Waals surface area contributed by atoms with E-state index in [2.05, 4.69) is 55.8 Å². The third-order valence-corrected chi connectivity index (χ3v) is 5.44. The number of hydrogen-bond acceptors (Lipinski definition) is 4. The number of fused-ring (bicyclic) bond motifs is 1. The number of thiazole rings is 1. The van der Waals surface area contributed by atoms with Gasteiger partial charge in [0.2, 0.25) is 0 Å². The number of nitrogens with one attached hydrogen (secondary N) is 2. The molecule has 0 fully saturated rings. The van der Waals surface area contributed by atoms with Crippen LogP contribution in [0.3, 0.4) is 0 Å². The molecular formula is C21H31IN4OS. The zero-order chi connectivity index (χ0) is 19.3. The number of guanidine groups is 1. The Bertz CT molecular complexity index is 785. The van der Waals surface area contributed by atoms with Gasteiger partial charge in [-0.3, -0.25) is 4.99 Å². The zero-order valence-corrected chi connectivity index (χ0v) is 20.3. The second-order valence-corrected chi connectivity index (χ2v) is 8.70. The fourth-order valence-electron chi connectivity index (χ4n) is 3.01. The van der Waals surface area contributed by atoms with E-state index in [-0.39, 0.29) is 35.4 Å². The maximum Gasteiger partial charge on any atom is 0.191 e. The standard InChI is InChI=1S/C21H30N4OS.HI/c1-5-22-20(23-12-10-19-25-18(14-27-19)21(2,3)4)24-16-11-13-26-17-9-7-6-8-15(16)17;/h6-9,14,16H,5,10-13H2,1-4H3,(H2,22,23,24);1H. The molecule has 0 radical (unpaired) electrons. The van der Waals surface area contributed by atoms with Crippen LogP contribution < -0.4 is 15.4 Å². The number of hydrogen-bond donors (Lipinski definition) is 2. The molecule has 28 heavy (non-hydrogen) atoms. The van der Waals surface area contributed by atoms with E-state index < -0.39 is 0 Å². The van der Waals surface area contributed by atoms with Gasteiger partial charge in [0.05, 0.1) is 23.4 Å². The van der Waals surface area contributed by atoms with Crippen molar-refractivity contribution in [1.82, 2.24) is 15.6 Å². The summed E-state index contributed by atoms with van der Waals surface area (Å²) in [6.07, 6.45) is 1.80. The molecule has 154 valence electrons. The normalized spacial score (nSPS) is 16.6. The van der Waals surface area contributed by atoms with E-state index in [1.807, 2.05) is 12.1 Å². The smallest absolute Gasteiger partial charge is 0.191 e. The van der Waals surface area contributed by atoms with E-state index in [0.717, 1.165) is 54.9 Å². The first kappa shape index (κ1) is 22.9.